The molecule has 0 aromatic carbocycles. The standard InChI is InChI=1S/C13H18N4O2/c1-8(9-5-6-19-7-9)17-12-10(15-13(17)14)3-4-11(16-12)18-2/h3-4,8-9H,5-7H2,1-2H3,(H2,14,15). The van der Waals surface area contributed by atoms with Gasteiger partial charge in [-0.3, -0.25) is 4.57 Å². The lowest BCUT2D eigenvalue weighted by atomic mass is 10.0. The van der Waals surface area contributed by atoms with Gasteiger partial charge in [0.25, 0.3) is 0 Å². The number of ether oxygens (including phenoxy) is 2. The van der Waals surface area contributed by atoms with E-state index in [1.807, 2.05) is 10.6 Å². The third-order valence-electron chi connectivity index (χ3n) is 3.80. The molecule has 0 bridgehead atoms. The Kier molecular flexibility index (Phi) is 3.02. The van der Waals surface area contributed by atoms with E-state index in [1.54, 1.807) is 13.2 Å². The van der Waals surface area contributed by atoms with Crippen LogP contribution in [-0.2, 0) is 4.74 Å². The Bertz CT molecular complexity index is 590. The summed E-state index contributed by atoms with van der Waals surface area (Å²) in [6, 6.07) is 3.89. The van der Waals surface area contributed by atoms with Crippen LogP contribution in [0.25, 0.3) is 11.2 Å². The van der Waals surface area contributed by atoms with Crippen molar-refractivity contribution in [3.63, 3.8) is 0 Å². The zero-order chi connectivity index (χ0) is 13.4. The van der Waals surface area contributed by atoms with Gasteiger partial charge in [0.05, 0.1) is 13.7 Å². The van der Waals surface area contributed by atoms with Crippen molar-refractivity contribution in [3.8, 4) is 5.88 Å². The van der Waals surface area contributed by atoms with Crippen molar-refractivity contribution in [1.29, 1.82) is 0 Å². The van der Waals surface area contributed by atoms with E-state index >= 15 is 0 Å². The van der Waals surface area contributed by atoms with Gasteiger partial charge in [0, 0.05) is 24.6 Å². The minimum Gasteiger partial charge on any atom is -0.481 e. The van der Waals surface area contributed by atoms with Crippen LogP contribution in [-0.4, -0.2) is 34.9 Å². The van der Waals surface area contributed by atoms with Gasteiger partial charge in [-0.25, -0.2) is 4.98 Å². The quantitative estimate of drug-likeness (QED) is 0.909. The molecule has 2 aromatic heterocycles. The topological polar surface area (TPSA) is 75.2 Å². The summed E-state index contributed by atoms with van der Waals surface area (Å²) in [7, 11) is 1.60. The summed E-state index contributed by atoms with van der Waals surface area (Å²) in [4.78, 5) is 8.83. The van der Waals surface area contributed by atoms with Crippen molar-refractivity contribution in [2.45, 2.75) is 19.4 Å². The van der Waals surface area contributed by atoms with E-state index in [0.29, 0.717) is 17.7 Å². The zero-order valence-electron chi connectivity index (χ0n) is 11.2. The Morgan fingerprint density at radius 3 is 3.00 bits per heavy atom. The second-order valence-corrected chi connectivity index (χ2v) is 4.90. The number of nitrogens with zero attached hydrogens (tertiary/aromatic N) is 3. The summed E-state index contributed by atoms with van der Waals surface area (Å²) in [6.07, 6.45) is 1.05. The fourth-order valence-corrected chi connectivity index (χ4v) is 2.63. The number of pyridine rings is 1. The molecule has 2 aromatic rings. The Labute approximate surface area is 111 Å². The summed E-state index contributed by atoms with van der Waals surface area (Å²) in [6.45, 7) is 3.72. The first-order valence-electron chi connectivity index (χ1n) is 6.47. The van der Waals surface area contributed by atoms with Crippen LogP contribution in [0.15, 0.2) is 12.1 Å². The van der Waals surface area contributed by atoms with Gasteiger partial charge in [-0.2, -0.15) is 4.98 Å². The van der Waals surface area contributed by atoms with Crippen LogP contribution in [0.2, 0.25) is 0 Å². The van der Waals surface area contributed by atoms with Crippen molar-refractivity contribution in [2.75, 3.05) is 26.1 Å². The molecule has 0 radical (unpaired) electrons. The third kappa shape index (κ3) is 2.02. The lowest BCUT2D eigenvalue weighted by Gasteiger charge is -2.20. The summed E-state index contributed by atoms with van der Waals surface area (Å²) < 4.78 is 12.6. The fourth-order valence-electron chi connectivity index (χ4n) is 2.63. The minimum absolute atomic E-state index is 0.215. The van der Waals surface area contributed by atoms with Gasteiger partial charge in [-0.05, 0) is 19.4 Å². The summed E-state index contributed by atoms with van der Waals surface area (Å²) >= 11 is 0. The molecule has 102 valence electrons. The van der Waals surface area contributed by atoms with Gasteiger partial charge >= 0.3 is 0 Å². The van der Waals surface area contributed by atoms with Crippen molar-refractivity contribution in [2.24, 2.45) is 5.92 Å². The number of imidazole rings is 1. The number of anilines is 1. The van der Waals surface area contributed by atoms with Gasteiger partial charge in [0.15, 0.2) is 5.65 Å². The number of fused-ring (bicyclic) bond motifs is 1. The lowest BCUT2D eigenvalue weighted by Crippen LogP contribution is -2.18. The molecule has 2 atom stereocenters. The highest BCUT2D eigenvalue weighted by Gasteiger charge is 2.26. The number of hydrogen-bond acceptors (Lipinski definition) is 5. The molecule has 0 amide bonds. The van der Waals surface area contributed by atoms with Crippen LogP contribution in [0, 0.1) is 5.92 Å². The SMILES string of the molecule is COc1ccc2nc(N)n(C(C)C3CCOC3)c2n1. The van der Waals surface area contributed by atoms with E-state index in [1.165, 1.54) is 0 Å². The fraction of sp³-hybridized carbons (Fsp3) is 0.538. The van der Waals surface area contributed by atoms with Crippen LogP contribution in [0.1, 0.15) is 19.4 Å². The molecule has 0 spiro atoms. The molecule has 1 fully saturated rings. The minimum atomic E-state index is 0.215. The first-order chi connectivity index (χ1) is 9.20. The number of nitrogen functional groups attached to an aromatic ring is 1. The van der Waals surface area contributed by atoms with Crippen LogP contribution >= 0.6 is 0 Å². The van der Waals surface area contributed by atoms with Gasteiger partial charge in [0.2, 0.25) is 11.8 Å². The van der Waals surface area contributed by atoms with E-state index in [-0.39, 0.29) is 6.04 Å². The predicted octanol–water partition coefficient (Wildman–Crippen LogP) is 1.62. The Morgan fingerprint density at radius 2 is 2.32 bits per heavy atom. The van der Waals surface area contributed by atoms with Gasteiger partial charge in [-0.15, -0.1) is 0 Å². The molecular weight excluding hydrogens is 244 g/mol. The molecule has 0 saturated carbocycles. The maximum absolute atomic E-state index is 6.04. The third-order valence-corrected chi connectivity index (χ3v) is 3.80. The van der Waals surface area contributed by atoms with Crippen molar-refractivity contribution in [3.05, 3.63) is 12.1 Å². The van der Waals surface area contributed by atoms with Crippen LogP contribution < -0.4 is 10.5 Å². The lowest BCUT2D eigenvalue weighted by molar-refractivity contribution is 0.176. The summed E-state index contributed by atoms with van der Waals surface area (Å²) in [5.74, 6) is 1.52. The van der Waals surface area contributed by atoms with Crippen LogP contribution in [0.3, 0.4) is 0 Å². The van der Waals surface area contributed by atoms with E-state index < -0.39 is 0 Å². The Hall–Kier alpha value is -1.82. The molecule has 1 aliphatic rings. The second kappa shape index (κ2) is 4.70. The van der Waals surface area contributed by atoms with Crippen molar-refractivity contribution in [1.82, 2.24) is 14.5 Å². The second-order valence-electron chi connectivity index (χ2n) is 4.90. The number of nitrogens with two attached hydrogens (primary N) is 1. The van der Waals surface area contributed by atoms with E-state index in [2.05, 4.69) is 16.9 Å². The molecule has 2 unspecified atom stereocenters. The average Bonchev–Trinajstić information content (AvgIpc) is 3.03. The van der Waals surface area contributed by atoms with Gasteiger partial charge in [0.1, 0.15) is 5.52 Å². The largest absolute Gasteiger partial charge is 0.481 e. The summed E-state index contributed by atoms with van der Waals surface area (Å²) in [5, 5.41) is 0. The highest BCUT2D eigenvalue weighted by atomic mass is 16.5. The highest BCUT2D eigenvalue weighted by Crippen LogP contribution is 2.31. The summed E-state index contributed by atoms with van der Waals surface area (Å²) in [5.41, 5.74) is 7.61. The molecule has 3 rings (SSSR count). The molecular formula is C13H18N4O2. The molecule has 6 heteroatoms. The monoisotopic (exact) mass is 262 g/mol. The number of hydrogen-bond donors (Lipinski definition) is 1. The van der Waals surface area contributed by atoms with Crippen LogP contribution in [0.5, 0.6) is 5.88 Å². The maximum atomic E-state index is 6.04. The van der Waals surface area contributed by atoms with E-state index in [9.17, 15) is 0 Å². The molecule has 1 aliphatic heterocycles. The van der Waals surface area contributed by atoms with Gasteiger partial charge < -0.3 is 15.2 Å². The van der Waals surface area contributed by atoms with Gasteiger partial charge in [-0.1, -0.05) is 0 Å². The number of rotatable bonds is 3. The predicted molar refractivity (Wildman–Crippen MR) is 72.1 cm³/mol. The molecule has 2 N–H and O–H groups in total. The number of methoxy groups -OCH3 is 1. The average molecular weight is 262 g/mol. The Balaban J connectivity index is 2.07. The first-order valence-corrected chi connectivity index (χ1v) is 6.47. The zero-order valence-corrected chi connectivity index (χ0v) is 11.2. The highest BCUT2D eigenvalue weighted by molar-refractivity contribution is 5.75. The van der Waals surface area contributed by atoms with E-state index in [0.717, 1.165) is 30.8 Å². The molecule has 19 heavy (non-hydrogen) atoms. The molecule has 6 nitrogen and oxygen atoms in total. The molecule has 1 saturated heterocycles. The molecule has 3 heterocycles. The Morgan fingerprint density at radius 1 is 1.47 bits per heavy atom. The smallest absolute Gasteiger partial charge is 0.215 e. The maximum Gasteiger partial charge on any atom is 0.215 e. The van der Waals surface area contributed by atoms with Crippen molar-refractivity contribution >= 4 is 17.1 Å². The number of aromatic nitrogens is 3. The normalized spacial score (nSPS) is 20.8. The first kappa shape index (κ1) is 12.2. The van der Waals surface area contributed by atoms with E-state index in [4.69, 9.17) is 15.2 Å². The van der Waals surface area contributed by atoms with Crippen molar-refractivity contribution < 1.29 is 9.47 Å². The molecule has 0 aliphatic carbocycles. The van der Waals surface area contributed by atoms with Crippen LogP contribution in [0.4, 0.5) is 5.95 Å².